The van der Waals surface area contributed by atoms with Gasteiger partial charge in [-0.1, -0.05) is 24.3 Å². The van der Waals surface area contributed by atoms with Gasteiger partial charge < -0.3 is 5.11 Å². The molecule has 2 aromatic rings. The summed E-state index contributed by atoms with van der Waals surface area (Å²) < 4.78 is 14.5. The smallest absolute Gasteiger partial charge is 0.123 e. The maximum absolute atomic E-state index is 12.8. The first kappa shape index (κ1) is 11.7. The molecule has 0 fully saturated rings. The van der Waals surface area contributed by atoms with Gasteiger partial charge in [0.05, 0.1) is 18.8 Å². The highest BCUT2D eigenvalue weighted by molar-refractivity contribution is 5.18. The highest BCUT2D eigenvalue weighted by atomic mass is 19.1. The third-order valence-corrected chi connectivity index (χ3v) is 2.65. The third kappa shape index (κ3) is 2.50. The molecule has 0 spiro atoms. The van der Waals surface area contributed by atoms with E-state index in [1.165, 1.54) is 12.1 Å². The molecule has 0 amide bonds. The van der Waals surface area contributed by atoms with Crippen LogP contribution in [0.4, 0.5) is 4.39 Å². The van der Waals surface area contributed by atoms with Crippen LogP contribution in [0.3, 0.4) is 0 Å². The van der Waals surface area contributed by atoms with Gasteiger partial charge in [0, 0.05) is 0 Å². The molecule has 1 N–H and O–H groups in total. The summed E-state index contributed by atoms with van der Waals surface area (Å²) in [4.78, 5) is 0. The molecule has 17 heavy (non-hydrogen) atoms. The number of hydrogen-bond acceptors (Lipinski definition) is 3. The van der Waals surface area contributed by atoms with Crippen molar-refractivity contribution in [1.29, 1.82) is 0 Å². The van der Waals surface area contributed by atoms with Crippen LogP contribution in [0, 0.1) is 5.82 Å². The Morgan fingerprint density at radius 1 is 1.29 bits per heavy atom. The fourth-order valence-electron chi connectivity index (χ4n) is 1.77. The second-order valence-electron chi connectivity index (χ2n) is 3.78. The van der Waals surface area contributed by atoms with E-state index in [-0.39, 0.29) is 12.4 Å². The topological polar surface area (TPSA) is 50.9 Å². The van der Waals surface area contributed by atoms with Crippen LogP contribution in [-0.2, 0) is 19.6 Å². The molecule has 0 atom stereocenters. The number of aliphatic hydroxyl groups excluding tert-OH is 1. The fraction of sp³-hybridized carbons (Fsp3) is 0.333. The first-order valence-corrected chi connectivity index (χ1v) is 5.51. The lowest BCUT2D eigenvalue weighted by Gasteiger charge is -2.05. The Morgan fingerprint density at radius 2 is 2.00 bits per heavy atom. The van der Waals surface area contributed by atoms with Crippen LogP contribution in [0.25, 0.3) is 0 Å². The predicted molar refractivity (Wildman–Crippen MR) is 60.8 cm³/mol. The predicted octanol–water partition coefficient (Wildman–Crippen LogP) is 1.52. The molecule has 1 aromatic heterocycles. The summed E-state index contributed by atoms with van der Waals surface area (Å²) in [6.45, 7) is 2.42. The summed E-state index contributed by atoms with van der Waals surface area (Å²) in [5.41, 5.74) is 2.47. The van der Waals surface area contributed by atoms with E-state index in [0.717, 1.165) is 17.7 Å². The van der Waals surface area contributed by atoms with Crippen LogP contribution in [0.5, 0.6) is 0 Å². The minimum absolute atomic E-state index is 0.105. The van der Waals surface area contributed by atoms with E-state index in [4.69, 9.17) is 5.11 Å². The van der Waals surface area contributed by atoms with Gasteiger partial charge in [0.15, 0.2) is 0 Å². The van der Waals surface area contributed by atoms with Gasteiger partial charge in [0.2, 0.25) is 0 Å². The Hall–Kier alpha value is -1.75. The second kappa shape index (κ2) is 5.05. The molecule has 0 radical (unpaired) electrons. The molecule has 0 bridgehead atoms. The molecule has 5 heteroatoms. The summed E-state index contributed by atoms with van der Waals surface area (Å²) in [6, 6.07) is 6.28. The molecule has 0 saturated carbocycles. The van der Waals surface area contributed by atoms with E-state index in [1.54, 1.807) is 16.8 Å². The molecule has 0 saturated heterocycles. The van der Waals surface area contributed by atoms with Gasteiger partial charge in [-0.05, 0) is 24.1 Å². The van der Waals surface area contributed by atoms with Gasteiger partial charge >= 0.3 is 0 Å². The normalized spacial score (nSPS) is 10.8. The number of aromatic nitrogens is 3. The van der Waals surface area contributed by atoms with Crippen LogP contribution in [0.1, 0.15) is 23.9 Å². The average Bonchev–Trinajstić information content (AvgIpc) is 2.74. The standard InChI is InChI=1S/C12H14FN3O/c1-2-12-11(8-17)14-15-16(12)7-9-3-5-10(13)6-4-9/h3-6,17H,2,7-8H2,1H3. The molecule has 0 aliphatic rings. The average molecular weight is 235 g/mol. The molecule has 2 rings (SSSR count). The lowest BCUT2D eigenvalue weighted by Crippen LogP contribution is -2.06. The van der Waals surface area contributed by atoms with E-state index in [2.05, 4.69) is 10.3 Å². The van der Waals surface area contributed by atoms with Crippen molar-refractivity contribution in [2.75, 3.05) is 0 Å². The fourth-order valence-corrected chi connectivity index (χ4v) is 1.77. The minimum Gasteiger partial charge on any atom is -0.390 e. The number of nitrogens with zero attached hydrogens (tertiary/aromatic N) is 3. The number of aliphatic hydroxyl groups is 1. The summed E-state index contributed by atoms with van der Waals surface area (Å²) in [6.07, 6.45) is 0.754. The quantitative estimate of drug-likeness (QED) is 0.874. The van der Waals surface area contributed by atoms with Crippen molar-refractivity contribution in [3.05, 3.63) is 47.0 Å². The van der Waals surface area contributed by atoms with Gasteiger partial charge in [-0.3, -0.25) is 0 Å². The Bertz CT molecular complexity index is 493. The highest BCUT2D eigenvalue weighted by Gasteiger charge is 2.10. The van der Waals surface area contributed by atoms with E-state index < -0.39 is 0 Å². The largest absolute Gasteiger partial charge is 0.390 e. The van der Waals surface area contributed by atoms with Crippen molar-refractivity contribution in [2.24, 2.45) is 0 Å². The minimum atomic E-state index is -0.251. The van der Waals surface area contributed by atoms with Crippen molar-refractivity contribution in [1.82, 2.24) is 15.0 Å². The van der Waals surface area contributed by atoms with Crippen LogP contribution in [-0.4, -0.2) is 20.1 Å². The van der Waals surface area contributed by atoms with Gasteiger partial charge in [-0.15, -0.1) is 5.10 Å². The highest BCUT2D eigenvalue weighted by Crippen LogP contribution is 2.10. The number of rotatable bonds is 4. The van der Waals surface area contributed by atoms with Gasteiger partial charge in [0.25, 0.3) is 0 Å². The van der Waals surface area contributed by atoms with E-state index in [9.17, 15) is 4.39 Å². The van der Waals surface area contributed by atoms with Crippen LogP contribution >= 0.6 is 0 Å². The maximum atomic E-state index is 12.8. The van der Waals surface area contributed by atoms with Crippen molar-refractivity contribution >= 4 is 0 Å². The van der Waals surface area contributed by atoms with Gasteiger partial charge in [-0.2, -0.15) is 0 Å². The van der Waals surface area contributed by atoms with E-state index in [1.807, 2.05) is 6.92 Å². The molecule has 1 heterocycles. The molecule has 4 nitrogen and oxygen atoms in total. The van der Waals surface area contributed by atoms with Crippen molar-refractivity contribution in [2.45, 2.75) is 26.5 Å². The molecule has 0 aliphatic heterocycles. The lowest BCUT2D eigenvalue weighted by atomic mass is 10.2. The van der Waals surface area contributed by atoms with Crippen molar-refractivity contribution in [3.63, 3.8) is 0 Å². The van der Waals surface area contributed by atoms with Gasteiger partial charge in [-0.25, -0.2) is 9.07 Å². The van der Waals surface area contributed by atoms with E-state index in [0.29, 0.717) is 12.2 Å². The first-order chi connectivity index (χ1) is 8.24. The second-order valence-corrected chi connectivity index (χ2v) is 3.78. The van der Waals surface area contributed by atoms with Crippen molar-refractivity contribution < 1.29 is 9.50 Å². The third-order valence-electron chi connectivity index (χ3n) is 2.65. The SMILES string of the molecule is CCc1c(CO)nnn1Cc1ccc(F)cc1. The monoisotopic (exact) mass is 235 g/mol. The molecule has 0 unspecified atom stereocenters. The molecular weight excluding hydrogens is 221 g/mol. The number of halogens is 1. The zero-order valence-electron chi connectivity index (χ0n) is 9.60. The van der Waals surface area contributed by atoms with Crippen LogP contribution < -0.4 is 0 Å². The molecular formula is C12H14FN3O. The van der Waals surface area contributed by atoms with Gasteiger partial charge in [0.1, 0.15) is 11.5 Å². The summed E-state index contributed by atoms with van der Waals surface area (Å²) in [7, 11) is 0. The Morgan fingerprint density at radius 3 is 2.59 bits per heavy atom. The number of hydrogen-bond donors (Lipinski definition) is 1. The Kier molecular flexibility index (Phi) is 3.49. The number of benzene rings is 1. The molecule has 1 aromatic carbocycles. The van der Waals surface area contributed by atoms with Crippen molar-refractivity contribution in [3.8, 4) is 0 Å². The Balaban J connectivity index is 2.23. The first-order valence-electron chi connectivity index (χ1n) is 5.51. The maximum Gasteiger partial charge on any atom is 0.123 e. The van der Waals surface area contributed by atoms with E-state index >= 15 is 0 Å². The lowest BCUT2D eigenvalue weighted by molar-refractivity contribution is 0.275. The molecule has 90 valence electrons. The summed E-state index contributed by atoms with van der Waals surface area (Å²) in [5, 5.41) is 17.0. The molecule has 0 aliphatic carbocycles. The van der Waals surface area contributed by atoms with Crippen LogP contribution in [0.15, 0.2) is 24.3 Å². The zero-order valence-corrected chi connectivity index (χ0v) is 9.60. The van der Waals surface area contributed by atoms with Crippen LogP contribution in [0.2, 0.25) is 0 Å². The Labute approximate surface area is 98.7 Å². The summed E-state index contributed by atoms with van der Waals surface area (Å²) in [5.74, 6) is -0.251. The zero-order chi connectivity index (χ0) is 12.3. The summed E-state index contributed by atoms with van der Waals surface area (Å²) >= 11 is 0.